The monoisotopic (exact) mass is 304 g/mol. The van der Waals surface area contributed by atoms with Gasteiger partial charge in [0.15, 0.2) is 0 Å². The zero-order valence-electron chi connectivity index (χ0n) is 13.7. The molecule has 0 saturated carbocycles. The van der Waals surface area contributed by atoms with E-state index in [4.69, 9.17) is 5.11 Å². The summed E-state index contributed by atoms with van der Waals surface area (Å²) in [6, 6.07) is 29.6. The van der Waals surface area contributed by atoms with Crippen LogP contribution in [0.25, 0.3) is 22.3 Å². The minimum Gasteiger partial charge on any atom is -0.396 e. The molecule has 3 aromatic carbocycles. The molecule has 118 valence electrons. The van der Waals surface area contributed by atoms with Gasteiger partial charge in [0.2, 0.25) is 0 Å². The normalized spacial score (nSPS) is 9.83. The van der Waals surface area contributed by atoms with Gasteiger partial charge in [-0.05, 0) is 28.7 Å². The highest BCUT2D eigenvalue weighted by Crippen LogP contribution is 2.31. The maximum atomic E-state index is 8.07. The zero-order chi connectivity index (χ0) is 16.3. The van der Waals surface area contributed by atoms with Gasteiger partial charge in [0, 0.05) is 6.61 Å². The first-order valence-corrected chi connectivity index (χ1v) is 8.17. The fourth-order valence-corrected chi connectivity index (χ4v) is 2.38. The first-order valence-electron chi connectivity index (χ1n) is 8.17. The summed E-state index contributed by atoms with van der Waals surface area (Å²) in [5.41, 5.74) is 5.09. The third-order valence-corrected chi connectivity index (χ3v) is 3.61. The second kappa shape index (κ2) is 9.60. The lowest BCUT2D eigenvalue weighted by Crippen LogP contribution is -1.83. The summed E-state index contributed by atoms with van der Waals surface area (Å²) in [6.45, 7) is 2.40. The molecule has 0 aliphatic rings. The predicted molar refractivity (Wildman–Crippen MR) is 99.3 cm³/mol. The van der Waals surface area contributed by atoms with Gasteiger partial charge in [0.25, 0.3) is 0 Å². The molecule has 3 aromatic rings. The fourth-order valence-electron chi connectivity index (χ4n) is 2.38. The molecular formula is C22H24O. The molecule has 0 amide bonds. The topological polar surface area (TPSA) is 20.2 Å². The Morgan fingerprint density at radius 1 is 0.609 bits per heavy atom. The van der Waals surface area contributed by atoms with E-state index >= 15 is 0 Å². The predicted octanol–water partition coefficient (Wildman–Crippen LogP) is 5.80. The molecule has 0 spiro atoms. The van der Waals surface area contributed by atoms with Gasteiger partial charge in [-0.25, -0.2) is 0 Å². The summed E-state index contributed by atoms with van der Waals surface area (Å²) in [5.74, 6) is 0. The smallest absolute Gasteiger partial charge is 0.0430 e. The third kappa shape index (κ3) is 5.08. The van der Waals surface area contributed by atoms with E-state index < -0.39 is 0 Å². The molecule has 0 unspecified atom stereocenters. The third-order valence-electron chi connectivity index (χ3n) is 3.61. The van der Waals surface area contributed by atoms with Crippen molar-refractivity contribution >= 4 is 0 Å². The highest BCUT2D eigenvalue weighted by Gasteiger charge is 2.05. The molecule has 0 atom stereocenters. The van der Waals surface area contributed by atoms with Crippen LogP contribution in [0.5, 0.6) is 0 Å². The van der Waals surface area contributed by atoms with Gasteiger partial charge in [-0.15, -0.1) is 0 Å². The second-order valence-electron chi connectivity index (χ2n) is 5.35. The summed E-state index contributed by atoms with van der Waals surface area (Å²) in [4.78, 5) is 0. The number of unbranched alkanes of at least 4 members (excludes halogenated alkanes) is 1. The van der Waals surface area contributed by atoms with Crippen LogP contribution < -0.4 is 0 Å². The molecule has 0 aliphatic carbocycles. The van der Waals surface area contributed by atoms with E-state index in [0.717, 1.165) is 12.8 Å². The number of aliphatic hydroxyl groups excluding tert-OH is 1. The van der Waals surface area contributed by atoms with Gasteiger partial charge < -0.3 is 5.11 Å². The van der Waals surface area contributed by atoms with Crippen molar-refractivity contribution in [2.45, 2.75) is 19.8 Å². The molecule has 3 rings (SSSR count). The lowest BCUT2D eigenvalue weighted by Gasteiger charge is -2.09. The highest BCUT2D eigenvalue weighted by atomic mass is 16.2. The molecule has 0 radical (unpaired) electrons. The maximum absolute atomic E-state index is 8.07. The average molecular weight is 304 g/mol. The van der Waals surface area contributed by atoms with E-state index in [-0.39, 0.29) is 0 Å². The molecule has 0 aromatic heterocycles. The molecular weight excluding hydrogens is 280 g/mol. The van der Waals surface area contributed by atoms with E-state index in [0.29, 0.717) is 6.61 Å². The Kier molecular flexibility index (Phi) is 7.09. The molecule has 1 nitrogen and oxygen atoms in total. The Morgan fingerprint density at radius 3 is 1.30 bits per heavy atom. The molecule has 1 heteroatoms. The van der Waals surface area contributed by atoms with Gasteiger partial charge in [-0.3, -0.25) is 0 Å². The van der Waals surface area contributed by atoms with Crippen LogP contribution in [0.1, 0.15) is 19.8 Å². The molecule has 0 bridgehead atoms. The standard InChI is InChI=1S/C18H14.C4H10O/c1-3-9-15(10-4-1)17-13-7-8-14-18(17)16-11-5-2-6-12-16;1-2-3-4-5/h1-14H;5H,2-4H2,1H3. The Hall–Kier alpha value is -2.38. The number of aliphatic hydroxyl groups is 1. The van der Waals surface area contributed by atoms with Gasteiger partial charge in [0.1, 0.15) is 0 Å². The summed E-state index contributed by atoms with van der Waals surface area (Å²) < 4.78 is 0. The van der Waals surface area contributed by atoms with Crippen molar-refractivity contribution in [3.8, 4) is 22.3 Å². The van der Waals surface area contributed by atoms with Gasteiger partial charge in [0.05, 0.1) is 0 Å². The van der Waals surface area contributed by atoms with Crippen LogP contribution in [0.15, 0.2) is 84.9 Å². The average Bonchev–Trinajstić information content (AvgIpc) is 2.64. The van der Waals surface area contributed by atoms with Crippen LogP contribution in [-0.2, 0) is 0 Å². The van der Waals surface area contributed by atoms with Crippen LogP contribution >= 0.6 is 0 Å². The van der Waals surface area contributed by atoms with Gasteiger partial charge in [-0.2, -0.15) is 0 Å². The van der Waals surface area contributed by atoms with Crippen LogP contribution in [0.3, 0.4) is 0 Å². The Bertz CT molecular complexity index is 614. The van der Waals surface area contributed by atoms with E-state index in [9.17, 15) is 0 Å². The molecule has 0 heterocycles. The Morgan fingerprint density at radius 2 is 1.00 bits per heavy atom. The lowest BCUT2D eigenvalue weighted by molar-refractivity contribution is 0.287. The quantitative estimate of drug-likeness (QED) is 0.646. The number of rotatable bonds is 4. The largest absolute Gasteiger partial charge is 0.396 e. The van der Waals surface area contributed by atoms with Gasteiger partial charge in [-0.1, -0.05) is 98.3 Å². The molecule has 23 heavy (non-hydrogen) atoms. The first kappa shape index (κ1) is 17.0. The number of benzene rings is 3. The second-order valence-corrected chi connectivity index (χ2v) is 5.35. The minimum atomic E-state index is 0.344. The molecule has 0 aliphatic heterocycles. The SMILES string of the molecule is CCCCO.c1ccc(-c2ccccc2-c2ccccc2)cc1. The summed E-state index contributed by atoms with van der Waals surface area (Å²) >= 11 is 0. The van der Waals surface area contributed by atoms with E-state index in [2.05, 4.69) is 91.9 Å². The maximum Gasteiger partial charge on any atom is 0.0430 e. The minimum absolute atomic E-state index is 0.344. The first-order chi connectivity index (χ1) is 11.4. The van der Waals surface area contributed by atoms with E-state index in [1.54, 1.807) is 0 Å². The van der Waals surface area contributed by atoms with Crippen LogP contribution in [0, 0.1) is 0 Å². The van der Waals surface area contributed by atoms with Crippen molar-refractivity contribution < 1.29 is 5.11 Å². The zero-order valence-corrected chi connectivity index (χ0v) is 13.7. The van der Waals surface area contributed by atoms with Crippen molar-refractivity contribution in [2.24, 2.45) is 0 Å². The summed E-state index contributed by atoms with van der Waals surface area (Å²) in [7, 11) is 0. The molecule has 0 fully saturated rings. The highest BCUT2D eigenvalue weighted by molar-refractivity contribution is 5.83. The van der Waals surface area contributed by atoms with E-state index in [1.165, 1.54) is 22.3 Å². The number of hydrogen-bond donors (Lipinski definition) is 1. The van der Waals surface area contributed by atoms with Crippen molar-refractivity contribution in [1.29, 1.82) is 0 Å². The van der Waals surface area contributed by atoms with Crippen molar-refractivity contribution in [3.63, 3.8) is 0 Å². The summed E-state index contributed by atoms with van der Waals surface area (Å²) in [5, 5.41) is 8.07. The van der Waals surface area contributed by atoms with Crippen molar-refractivity contribution in [2.75, 3.05) is 6.61 Å². The fraction of sp³-hybridized carbons (Fsp3) is 0.182. The Labute approximate surface area is 139 Å². The lowest BCUT2D eigenvalue weighted by atomic mass is 9.95. The van der Waals surface area contributed by atoms with E-state index in [1.807, 2.05) is 0 Å². The van der Waals surface area contributed by atoms with Crippen LogP contribution in [0.2, 0.25) is 0 Å². The van der Waals surface area contributed by atoms with Crippen LogP contribution in [0.4, 0.5) is 0 Å². The van der Waals surface area contributed by atoms with Crippen molar-refractivity contribution in [3.05, 3.63) is 84.9 Å². The summed E-state index contributed by atoms with van der Waals surface area (Å²) in [6.07, 6.45) is 2.04. The van der Waals surface area contributed by atoms with Gasteiger partial charge >= 0.3 is 0 Å². The van der Waals surface area contributed by atoms with Crippen molar-refractivity contribution in [1.82, 2.24) is 0 Å². The number of hydrogen-bond acceptors (Lipinski definition) is 1. The Balaban J connectivity index is 0.000000338. The van der Waals surface area contributed by atoms with Crippen LogP contribution in [-0.4, -0.2) is 11.7 Å². The molecule has 1 N–H and O–H groups in total. The molecule has 0 saturated heterocycles.